The standard InChI is InChI=1S/C13H11N5OS/c14-12(20)10-4-2-1-3-9(10)8-18-13(19)17-6-5-15-7-11(17)16-18/h1-7H,8H2,(H2,14,20). The Morgan fingerprint density at radius 3 is 2.90 bits per heavy atom. The highest BCUT2D eigenvalue weighted by Gasteiger charge is 2.10. The molecule has 2 aromatic heterocycles. The molecule has 0 radical (unpaired) electrons. The number of hydrogen-bond donors (Lipinski definition) is 1. The lowest BCUT2D eigenvalue weighted by atomic mass is 10.1. The Balaban J connectivity index is 2.08. The van der Waals surface area contributed by atoms with Crippen molar-refractivity contribution in [2.24, 2.45) is 5.73 Å². The number of fused-ring (bicyclic) bond motifs is 1. The Morgan fingerprint density at radius 1 is 1.35 bits per heavy atom. The third-order valence-electron chi connectivity index (χ3n) is 2.99. The molecule has 20 heavy (non-hydrogen) atoms. The minimum Gasteiger partial charge on any atom is -0.389 e. The molecule has 3 rings (SSSR count). The Morgan fingerprint density at radius 2 is 2.15 bits per heavy atom. The predicted molar refractivity (Wildman–Crippen MR) is 78.7 cm³/mol. The molecule has 1 aromatic carbocycles. The minimum absolute atomic E-state index is 0.222. The average Bonchev–Trinajstić information content (AvgIpc) is 2.76. The first-order chi connectivity index (χ1) is 9.66. The van der Waals surface area contributed by atoms with Crippen molar-refractivity contribution in [3.05, 3.63) is 64.5 Å². The second-order valence-corrected chi connectivity index (χ2v) is 4.71. The molecule has 0 saturated heterocycles. The molecule has 0 aliphatic rings. The van der Waals surface area contributed by atoms with Gasteiger partial charge in [-0.15, -0.1) is 5.10 Å². The summed E-state index contributed by atoms with van der Waals surface area (Å²) in [6.45, 7) is 0.314. The third kappa shape index (κ3) is 2.08. The van der Waals surface area contributed by atoms with Gasteiger partial charge in [0.15, 0.2) is 5.65 Å². The van der Waals surface area contributed by atoms with Crippen LogP contribution in [0.5, 0.6) is 0 Å². The maximum atomic E-state index is 12.2. The second-order valence-electron chi connectivity index (χ2n) is 4.27. The van der Waals surface area contributed by atoms with E-state index in [-0.39, 0.29) is 5.69 Å². The molecule has 0 bridgehead atoms. The molecule has 0 fully saturated rings. The molecule has 0 aliphatic heterocycles. The Labute approximate surface area is 119 Å². The van der Waals surface area contributed by atoms with E-state index in [0.29, 0.717) is 17.2 Å². The summed E-state index contributed by atoms with van der Waals surface area (Å²) in [6.07, 6.45) is 4.67. The fourth-order valence-corrected chi connectivity index (χ4v) is 2.24. The normalized spacial score (nSPS) is 10.8. The molecule has 0 aliphatic carbocycles. The van der Waals surface area contributed by atoms with Crippen LogP contribution in [0.3, 0.4) is 0 Å². The molecule has 0 atom stereocenters. The highest BCUT2D eigenvalue weighted by atomic mass is 32.1. The summed E-state index contributed by atoms with van der Waals surface area (Å²) in [6, 6.07) is 7.44. The van der Waals surface area contributed by atoms with Crippen molar-refractivity contribution >= 4 is 22.9 Å². The summed E-state index contributed by atoms with van der Waals surface area (Å²) < 4.78 is 2.81. The molecule has 6 nitrogen and oxygen atoms in total. The zero-order chi connectivity index (χ0) is 14.1. The molecule has 2 heterocycles. The van der Waals surface area contributed by atoms with E-state index in [9.17, 15) is 4.79 Å². The first kappa shape index (κ1) is 12.5. The average molecular weight is 285 g/mol. The van der Waals surface area contributed by atoms with Crippen LogP contribution in [0.25, 0.3) is 5.65 Å². The van der Waals surface area contributed by atoms with E-state index in [4.69, 9.17) is 18.0 Å². The molecular weight excluding hydrogens is 274 g/mol. The number of nitrogens with two attached hydrogens (primary N) is 1. The van der Waals surface area contributed by atoms with Gasteiger partial charge in [0.2, 0.25) is 0 Å². The summed E-state index contributed by atoms with van der Waals surface area (Å²) in [5.74, 6) is 0. The lowest BCUT2D eigenvalue weighted by Gasteiger charge is -2.06. The molecule has 0 spiro atoms. The fraction of sp³-hybridized carbons (Fsp3) is 0.0769. The smallest absolute Gasteiger partial charge is 0.350 e. The van der Waals surface area contributed by atoms with E-state index in [1.165, 1.54) is 15.3 Å². The number of aromatic nitrogens is 4. The van der Waals surface area contributed by atoms with Crippen LogP contribution in [0.1, 0.15) is 11.1 Å². The summed E-state index contributed by atoms with van der Waals surface area (Å²) in [5, 5.41) is 4.23. The van der Waals surface area contributed by atoms with E-state index in [2.05, 4.69) is 10.1 Å². The predicted octanol–water partition coefficient (Wildman–Crippen LogP) is 0.573. The van der Waals surface area contributed by atoms with Crippen molar-refractivity contribution in [2.45, 2.75) is 6.54 Å². The lowest BCUT2D eigenvalue weighted by molar-refractivity contribution is 0.658. The van der Waals surface area contributed by atoms with Crippen molar-refractivity contribution in [1.29, 1.82) is 0 Å². The third-order valence-corrected chi connectivity index (χ3v) is 3.21. The molecule has 100 valence electrons. The van der Waals surface area contributed by atoms with Crippen LogP contribution in [0.4, 0.5) is 0 Å². The Hall–Kier alpha value is -2.54. The van der Waals surface area contributed by atoms with Gasteiger partial charge >= 0.3 is 5.69 Å². The van der Waals surface area contributed by atoms with Crippen LogP contribution < -0.4 is 11.4 Å². The van der Waals surface area contributed by atoms with Gasteiger partial charge in [0, 0.05) is 18.0 Å². The van der Waals surface area contributed by atoms with E-state index < -0.39 is 0 Å². The summed E-state index contributed by atoms with van der Waals surface area (Å²) in [4.78, 5) is 16.4. The maximum absolute atomic E-state index is 12.2. The van der Waals surface area contributed by atoms with Crippen LogP contribution in [-0.4, -0.2) is 24.2 Å². The number of rotatable bonds is 3. The molecule has 0 saturated carbocycles. The van der Waals surface area contributed by atoms with Crippen molar-refractivity contribution in [1.82, 2.24) is 19.2 Å². The first-order valence-corrected chi connectivity index (χ1v) is 6.34. The van der Waals surface area contributed by atoms with E-state index in [1.54, 1.807) is 12.4 Å². The number of thiocarbonyl (C=S) groups is 1. The molecular formula is C13H11N5OS. The number of benzene rings is 1. The second kappa shape index (κ2) is 4.86. The van der Waals surface area contributed by atoms with Crippen LogP contribution in [0.2, 0.25) is 0 Å². The fourth-order valence-electron chi connectivity index (χ4n) is 2.04. The van der Waals surface area contributed by atoms with E-state index >= 15 is 0 Å². The summed E-state index contributed by atoms with van der Waals surface area (Å²) >= 11 is 5.02. The van der Waals surface area contributed by atoms with Gasteiger partial charge in [0.1, 0.15) is 4.99 Å². The van der Waals surface area contributed by atoms with Crippen LogP contribution in [0, 0.1) is 0 Å². The van der Waals surface area contributed by atoms with Gasteiger partial charge in [-0.05, 0) is 5.56 Å². The first-order valence-electron chi connectivity index (χ1n) is 5.94. The van der Waals surface area contributed by atoms with E-state index in [0.717, 1.165) is 11.1 Å². The topological polar surface area (TPSA) is 78.2 Å². The van der Waals surface area contributed by atoms with Gasteiger partial charge in [-0.25, -0.2) is 13.9 Å². The van der Waals surface area contributed by atoms with Crippen molar-refractivity contribution < 1.29 is 0 Å². The zero-order valence-electron chi connectivity index (χ0n) is 10.4. The highest BCUT2D eigenvalue weighted by molar-refractivity contribution is 7.80. The van der Waals surface area contributed by atoms with Crippen LogP contribution >= 0.6 is 12.2 Å². The molecule has 0 unspecified atom stereocenters. The molecule has 2 N–H and O–H groups in total. The SMILES string of the molecule is NC(=S)c1ccccc1Cn1nc2cnccn2c1=O. The summed E-state index contributed by atoms with van der Waals surface area (Å²) in [5.41, 5.74) is 7.59. The lowest BCUT2D eigenvalue weighted by Crippen LogP contribution is -2.23. The minimum atomic E-state index is -0.222. The largest absolute Gasteiger partial charge is 0.389 e. The van der Waals surface area contributed by atoms with Crippen molar-refractivity contribution in [2.75, 3.05) is 0 Å². The quantitative estimate of drug-likeness (QED) is 0.712. The number of hydrogen-bond acceptors (Lipinski definition) is 4. The highest BCUT2D eigenvalue weighted by Crippen LogP contribution is 2.09. The van der Waals surface area contributed by atoms with Gasteiger partial charge < -0.3 is 5.73 Å². The van der Waals surface area contributed by atoms with Crippen LogP contribution in [0.15, 0.2) is 47.7 Å². The molecule has 3 aromatic rings. The Bertz CT molecular complexity index is 851. The van der Waals surface area contributed by atoms with Crippen molar-refractivity contribution in [3.63, 3.8) is 0 Å². The molecule has 0 amide bonds. The summed E-state index contributed by atoms with van der Waals surface area (Å²) in [7, 11) is 0. The zero-order valence-corrected chi connectivity index (χ0v) is 11.2. The monoisotopic (exact) mass is 285 g/mol. The number of nitrogens with zero attached hydrogens (tertiary/aromatic N) is 4. The maximum Gasteiger partial charge on any atom is 0.350 e. The Kier molecular flexibility index (Phi) is 3.03. The van der Waals surface area contributed by atoms with Gasteiger partial charge in [0.05, 0.1) is 12.7 Å². The molecule has 7 heteroatoms. The van der Waals surface area contributed by atoms with Crippen LogP contribution in [-0.2, 0) is 6.54 Å². The van der Waals surface area contributed by atoms with Gasteiger partial charge in [-0.1, -0.05) is 36.5 Å². The van der Waals surface area contributed by atoms with Gasteiger partial charge in [0.25, 0.3) is 0 Å². The van der Waals surface area contributed by atoms with Gasteiger partial charge in [-0.3, -0.25) is 4.98 Å². The van der Waals surface area contributed by atoms with Gasteiger partial charge in [-0.2, -0.15) is 0 Å². The van der Waals surface area contributed by atoms with E-state index in [1.807, 2.05) is 24.3 Å². The van der Waals surface area contributed by atoms with Crippen molar-refractivity contribution in [3.8, 4) is 0 Å².